The lowest BCUT2D eigenvalue weighted by Crippen LogP contribution is -2.07. The van der Waals surface area contributed by atoms with Crippen LogP contribution in [-0.2, 0) is 16.2 Å². The van der Waals surface area contributed by atoms with E-state index in [0.717, 1.165) is 5.56 Å². The van der Waals surface area contributed by atoms with Crippen molar-refractivity contribution in [1.82, 2.24) is 0 Å². The van der Waals surface area contributed by atoms with Crippen molar-refractivity contribution in [3.05, 3.63) is 35.6 Å². The maximum Gasteiger partial charge on any atom is 0.123 e. The SMILES string of the molecule is NOCCOCc1ccc(F)cc1. The van der Waals surface area contributed by atoms with Gasteiger partial charge in [-0.2, -0.15) is 0 Å². The maximum absolute atomic E-state index is 12.5. The van der Waals surface area contributed by atoms with E-state index in [4.69, 9.17) is 10.6 Å². The van der Waals surface area contributed by atoms with E-state index < -0.39 is 0 Å². The summed E-state index contributed by atoms with van der Waals surface area (Å²) in [6.07, 6.45) is 0. The molecule has 13 heavy (non-hydrogen) atoms. The highest BCUT2D eigenvalue weighted by molar-refractivity contribution is 5.14. The van der Waals surface area contributed by atoms with E-state index in [2.05, 4.69) is 4.84 Å². The van der Waals surface area contributed by atoms with Crippen molar-refractivity contribution in [2.75, 3.05) is 13.2 Å². The molecule has 0 aliphatic carbocycles. The lowest BCUT2D eigenvalue weighted by atomic mass is 10.2. The molecule has 3 nitrogen and oxygen atoms in total. The van der Waals surface area contributed by atoms with Gasteiger partial charge in [0.15, 0.2) is 0 Å². The second kappa shape index (κ2) is 5.64. The highest BCUT2D eigenvalue weighted by Gasteiger charge is 1.93. The summed E-state index contributed by atoms with van der Waals surface area (Å²) in [7, 11) is 0. The Bertz CT molecular complexity index is 238. The molecule has 0 bridgehead atoms. The standard InChI is InChI=1S/C9H12FNO2/c10-9-3-1-8(2-4-9)7-12-5-6-13-11/h1-4H,5-7,11H2. The molecule has 1 rings (SSSR count). The normalized spacial score (nSPS) is 10.3. The first-order valence-electron chi connectivity index (χ1n) is 3.97. The Morgan fingerprint density at radius 3 is 2.46 bits per heavy atom. The van der Waals surface area contributed by atoms with Gasteiger partial charge in [0.1, 0.15) is 5.82 Å². The average molecular weight is 185 g/mol. The third-order valence-electron chi connectivity index (χ3n) is 1.53. The summed E-state index contributed by atoms with van der Waals surface area (Å²) in [4.78, 5) is 4.31. The van der Waals surface area contributed by atoms with Gasteiger partial charge in [0.05, 0.1) is 19.8 Å². The minimum atomic E-state index is -0.242. The van der Waals surface area contributed by atoms with Crippen LogP contribution in [0.5, 0.6) is 0 Å². The third-order valence-corrected chi connectivity index (χ3v) is 1.53. The lowest BCUT2D eigenvalue weighted by molar-refractivity contribution is 0.0405. The molecule has 0 amide bonds. The molecule has 0 saturated heterocycles. The van der Waals surface area contributed by atoms with Crippen molar-refractivity contribution < 1.29 is 14.0 Å². The number of halogens is 1. The number of benzene rings is 1. The van der Waals surface area contributed by atoms with Crippen LogP contribution in [0.1, 0.15) is 5.56 Å². The van der Waals surface area contributed by atoms with Gasteiger partial charge in [-0.3, -0.25) is 0 Å². The Morgan fingerprint density at radius 2 is 1.85 bits per heavy atom. The molecular weight excluding hydrogens is 173 g/mol. The fraction of sp³-hybridized carbons (Fsp3) is 0.333. The number of hydrogen-bond donors (Lipinski definition) is 1. The van der Waals surface area contributed by atoms with Gasteiger partial charge in [-0.05, 0) is 17.7 Å². The second-order valence-corrected chi connectivity index (χ2v) is 2.55. The Kier molecular flexibility index (Phi) is 4.39. The van der Waals surface area contributed by atoms with Crippen molar-refractivity contribution in [3.63, 3.8) is 0 Å². The van der Waals surface area contributed by atoms with Gasteiger partial charge < -0.3 is 9.57 Å². The largest absolute Gasteiger partial charge is 0.374 e. The van der Waals surface area contributed by atoms with Crippen LogP contribution in [0.25, 0.3) is 0 Å². The summed E-state index contributed by atoms with van der Waals surface area (Å²) < 4.78 is 17.6. The first kappa shape index (κ1) is 10.1. The zero-order valence-corrected chi connectivity index (χ0v) is 7.20. The number of rotatable bonds is 5. The number of nitrogens with two attached hydrogens (primary N) is 1. The minimum absolute atomic E-state index is 0.242. The molecule has 0 fully saturated rings. The Hall–Kier alpha value is -0.970. The molecule has 0 aliphatic heterocycles. The molecule has 0 saturated carbocycles. The first-order valence-corrected chi connectivity index (χ1v) is 3.97. The molecule has 0 aromatic heterocycles. The van der Waals surface area contributed by atoms with Gasteiger partial charge in [-0.25, -0.2) is 10.3 Å². The van der Waals surface area contributed by atoms with E-state index >= 15 is 0 Å². The molecule has 2 N–H and O–H groups in total. The fourth-order valence-electron chi connectivity index (χ4n) is 0.878. The van der Waals surface area contributed by atoms with Gasteiger partial charge in [0.25, 0.3) is 0 Å². The minimum Gasteiger partial charge on any atom is -0.374 e. The quantitative estimate of drug-likeness (QED) is 0.554. The van der Waals surface area contributed by atoms with Gasteiger partial charge in [-0.15, -0.1) is 0 Å². The summed E-state index contributed by atoms with van der Waals surface area (Å²) in [5, 5.41) is 0. The van der Waals surface area contributed by atoms with Crippen molar-refractivity contribution in [2.45, 2.75) is 6.61 Å². The summed E-state index contributed by atoms with van der Waals surface area (Å²) in [5.74, 6) is 4.56. The van der Waals surface area contributed by atoms with Gasteiger partial charge in [0, 0.05) is 0 Å². The Labute approximate surface area is 76.2 Å². The Balaban J connectivity index is 2.25. The van der Waals surface area contributed by atoms with Gasteiger partial charge in [0.2, 0.25) is 0 Å². The monoisotopic (exact) mass is 185 g/mol. The van der Waals surface area contributed by atoms with Crippen LogP contribution in [0.4, 0.5) is 4.39 Å². The molecule has 0 unspecified atom stereocenters. The van der Waals surface area contributed by atoms with Crippen LogP contribution in [0.15, 0.2) is 24.3 Å². The molecular formula is C9H12FNO2. The molecule has 0 atom stereocenters. The smallest absolute Gasteiger partial charge is 0.123 e. The second-order valence-electron chi connectivity index (χ2n) is 2.55. The summed E-state index contributed by atoms with van der Waals surface area (Å²) in [6, 6.07) is 6.16. The molecule has 1 aromatic rings. The van der Waals surface area contributed by atoms with Crippen molar-refractivity contribution >= 4 is 0 Å². The van der Waals surface area contributed by atoms with E-state index in [1.807, 2.05) is 0 Å². The lowest BCUT2D eigenvalue weighted by Gasteiger charge is -2.02. The highest BCUT2D eigenvalue weighted by atomic mass is 19.1. The van der Waals surface area contributed by atoms with Crippen LogP contribution in [0.2, 0.25) is 0 Å². The highest BCUT2D eigenvalue weighted by Crippen LogP contribution is 2.03. The first-order chi connectivity index (χ1) is 6.33. The predicted molar refractivity (Wildman–Crippen MR) is 46.2 cm³/mol. The van der Waals surface area contributed by atoms with Crippen LogP contribution < -0.4 is 5.90 Å². The van der Waals surface area contributed by atoms with E-state index in [-0.39, 0.29) is 5.82 Å². The number of ether oxygens (including phenoxy) is 1. The molecule has 0 spiro atoms. The van der Waals surface area contributed by atoms with Crippen LogP contribution in [-0.4, -0.2) is 13.2 Å². The number of hydrogen-bond acceptors (Lipinski definition) is 3. The van der Waals surface area contributed by atoms with Crippen molar-refractivity contribution in [3.8, 4) is 0 Å². The van der Waals surface area contributed by atoms with Gasteiger partial charge >= 0.3 is 0 Å². The molecule has 1 aromatic carbocycles. The zero-order valence-electron chi connectivity index (χ0n) is 7.20. The van der Waals surface area contributed by atoms with E-state index in [9.17, 15) is 4.39 Å². The third kappa shape index (κ3) is 3.98. The fourth-order valence-corrected chi connectivity index (χ4v) is 0.878. The van der Waals surface area contributed by atoms with Gasteiger partial charge in [-0.1, -0.05) is 12.1 Å². The molecule has 0 aliphatic rings. The van der Waals surface area contributed by atoms with Crippen molar-refractivity contribution in [1.29, 1.82) is 0 Å². The summed E-state index contributed by atoms with van der Waals surface area (Å²) in [6.45, 7) is 1.25. The topological polar surface area (TPSA) is 44.5 Å². The molecule has 72 valence electrons. The van der Waals surface area contributed by atoms with E-state index in [1.165, 1.54) is 12.1 Å². The van der Waals surface area contributed by atoms with Crippen LogP contribution in [0, 0.1) is 5.82 Å². The van der Waals surface area contributed by atoms with E-state index in [1.54, 1.807) is 12.1 Å². The average Bonchev–Trinajstić information content (AvgIpc) is 2.15. The molecule has 0 radical (unpaired) electrons. The summed E-state index contributed by atoms with van der Waals surface area (Å²) in [5.41, 5.74) is 0.929. The summed E-state index contributed by atoms with van der Waals surface area (Å²) >= 11 is 0. The van der Waals surface area contributed by atoms with Crippen LogP contribution >= 0.6 is 0 Å². The van der Waals surface area contributed by atoms with Crippen LogP contribution in [0.3, 0.4) is 0 Å². The predicted octanol–water partition coefficient (Wildman–Crippen LogP) is 1.23. The molecule has 0 heterocycles. The zero-order chi connectivity index (χ0) is 9.52. The maximum atomic E-state index is 12.5. The van der Waals surface area contributed by atoms with Crippen molar-refractivity contribution in [2.24, 2.45) is 5.90 Å². The Morgan fingerprint density at radius 1 is 1.15 bits per heavy atom. The van der Waals surface area contributed by atoms with E-state index in [0.29, 0.717) is 19.8 Å². The molecule has 4 heteroatoms.